The molecule has 3 atom stereocenters. The van der Waals surface area contributed by atoms with Crippen LogP contribution in [-0.2, 0) is 37.5 Å². The predicted molar refractivity (Wildman–Crippen MR) is 286 cm³/mol. The number of carbonyl (C=O) groups is 3. The van der Waals surface area contributed by atoms with Crippen LogP contribution in [0.5, 0.6) is 0 Å². The van der Waals surface area contributed by atoms with E-state index in [0.29, 0.717) is 12.8 Å². The number of aliphatic carboxylic acids is 1. The van der Waals surface area contributed by atoms with E-state index in [4.69, 9.17) is 29.4 Å². The monoisotopic (exact) mass is 1000 g/mol. The summed E-state index contributed by atoms with van der Waals surface area (Å²) in [5.74, 6) is -2.35. The molecule has 0 radical (unpaired) electrons. The Labute approximate surface area is 424 Å². The van der Waals surface area contributed by atoms with Crippen LogP contribution in [-0.4, -0.2) is 59.9 Å². The first-order valence-electron chi connectivity index (χ1n) is 29.2. The van der Waals surface area contributed by atoms with Gasteiger partial charge in [0.15, 0.2) is 6.10 Å². The number of ether oxygens (including phenoxy) is 2. The van der Waals surface area contributed by atoms with Crippen molar-refractivity contribution in [3.63, 3.8) is 0 Å². The maximum atomic E-state index is 12.7. The molecule has 0 aromatic rings. The van der Waals surface area contributed by atoms with Crippen molar-refractivity contribution in [2.75, 3.05) is 19.8 Å². The molecule has 0 amide bonds. The number of phosphoric ester groups is 1. The minimum atomic E-state index is -4.72. The van der Waals surface area contributed by atoms with Crippen molar-refractivity contribution < 1.29 is 47.5 Å². The summed E-state index contributed by atoms with van der Waals surface area (Å²) >= 11 is 0. The van der Waals surface area contributed by atoms with Gasteiger partial charge in [0.25, 0.3) is 0 Å². The van der Waals surface area contributed by atoms with Crippen LogP contribution in [0.25, 0.3) is 0 Å². The maximum absolute atomic E-state index is 12.7. The van der Waals surface area contributed by atoms with E-state index in [-0.39, 0.29) is 19.4 Å². The molecule has 0 saturated carbocycles. The van der Waals surface area contributed by atoms with E-state index in [0.717, 1.165) is 38.5 Å². The Kier molecular flexibility index (Phi) is 51.2. The highest BCUT2D eigenvalue weighted by atomic mass is 31.2. The smallest absolute Gasteiger partial charge is 0.472 e. The quantitative estimate of drug-likeness (QED) is 0.0229. The maximum Gasteiger partial charge on any atom is 0.472 e. The van der Waals surface area contributed by atoms with Gasteiger partial charge >= 0.3 is 25.7 Å². The molecule has 0 aliphatic carbocycles. The number of nitrogens with two attached hydrogens (primary N) is 1. The second-order valence-electron chi connectivity index (χ2n) is 20.1. The second kappa shape index (κ2) is 52.5. The third-order valence-corrected chi connectivity index (χ3v) is 14.2. The van der Waals surface area contributed by atoms with Gasteiger partial charge in [-0.1, -0.05) is 264 Å². The topological polar surface area (TPSA) is 172 Å². The summed E-state index contributed by atoms with van der Waals surface area (Å²) in [7, 11) is -4.72. The van der Waals surface area contributed by atoms with Crippen LogP contribution in [0.2, 0.25) is 0 Å². The molecule has 11 nitrogen and oxygen atoms in total. The fourth-order valence-corrected chi connectivity index (χ4v) is 9.49. The molecule has 0 aromatic heterocycles. The lowest BCUT2D eigenvalue weighted by Gasteiger charge is -2.20. The van der Waals surface area contributed by atoms with Gasteiger partial charge in [-0.2, -0.15) is 0 Å². The molecule has 0 aromatic carbocycles. The van der Waals surface area contributed by atoms with Gasteiger partial charge in [-0.3, -0.25) is 23.4 Å². The summed E-state index contributed by atoms with van der Waals surface area (Å²) in [5, 5.41) is 8.94. The molecule has 0 bridgehead atoms. The van der Waals surface area contributed by atoms with E-state index < -0.39 is 51.1 Å². The normalized spacial score (nSPS) is 13.4. The van der Waals surface area contributed by atoms with Crippen LogP contribution in [0.4, 0.5) is 0 Å². The number of phosphoric acid groups is 1. The number of rotatable bonds is 56. The Hall–Kier alpha value is -1.78. The molecule has 3 unspecified atom stereocenters. The van der Waals surface area contributed by atoms with Crippen LogP contribution < -0.4 is 5.73 Å². The Bertz CT molecular complexity index is 1220. The highest BCUT2D eigenvalue weighted by molar-refractivity contribution is 7.47. The standard InChI is InChI=1S/C57H110NO10P/c1-3-5-7-9-11-13-15-17-19-21-23-25-26-27-29-30-32-34-36-38-40-42-44-46-48-55(59)65-50-53(51-66-69(63,64)67-52-54(58)57(61)62)68-56(60)49-47-45-43-41-39-37-35-33-31-28-24-22-20-18-16-14-12-10-8-6-4-2/h22,24,53-54H,3-21,23,25-52,58H2,1-2H3,(H,61,62)(H,63,64)/b24-22-. The summed E-state index contributed by atoms with van der Waals surface area (Å²) < 4.78 is 33.0. The Morgan fingerprint density at radius 2 is 0.725 bits per heavy atom. The Morgan fingerprint density at radius 1 is 0.435 bits per heavy atom. The van der Waals surface area contributed by atoms with E-state index in [9.17, 15) is 23.8 Å². The van der Waals surface area contributed by atoms with Crippen molar-refractivity contribution in [2.24, 2.45) is 5.73 Å². The van der Waals surface area contributed by atoms with Crippen LogP contribution in [0, 0.1) is 0 Å². The number of unbranched alkanes of at least 4 members (excludes halogenated alkanes) is 40. The molecular formula is C57H110NO10P. The third kappa shape index (κ3) is 52.4. The minimum absolute atomic E-state index is 0.164. The molecule has 0 aliphatic heterocycles. The first kappa shape index (κ1) is 67.2. The minimum Gasteiger partial charge on any atom is -0.480 e. The number of hydrogen-bond acceptors (Lipinski definition) is 9. The lowest BCUT2D eigenvalue weighted by Crippen LogP contribution is -2.34. The molecule has 4 N–H and O–H groups in total. The van der Waals surface area contributed by atoms with Crippen LogP contribution in [0.3, 0.4) is 0 Å². The molecule has 0 rings (SSSR count). The van der Waals surface area contributed by atoms with Crippen molar-refractivity contribution in [3.8, 4) is 0 Å². The highest BCUT2D eigenvalue weighted by Gasteiger charge is 2.28. The van der Waals surface area contributed by atoms with E-state index in [1.807, 2.05) is 0 Å². The van der Waals surface area contributed by atoms with Crippen LogP contribution in [0.1, 0.15) is 303 Å². The summed E-state index contributed by atoms with van der Waals surface area (Å²) in [6.45, 7) is 2.88. The van der Waals surface area contributed by atoms with Crippen molar-refractivity contribution in [1.82, 2.24) is 0 Å². The number of hydrogen-bond donors (Lipinski definition) is 3. The largest absolute Gasteiger partial charge is 0.480 e. The fourth-order valence-electron chi connectivity index (χ4n) is 8.71. The fraction of sp³-hybridized carbons (Fsp3) is 0.912. The average Bonchev–Trinajstić information content (AvgIpc) is 3.33. The van der Waals surface area contributed by atoms with E-state index in [1.54, 1.807) is 0 Å². The molecule has 0 aliphatic rings. The zero-order chi connectivity index (χ0) is 50.6. The molecule has 69 heavy (non-hydrogen) atoms. The molecule has 408 valence electrons. The molecule has 0 heterocycles. The van der Waals surface area contributed by atoms with Gasteiger partial charge in [0, 0.05) is 12.8 Å². The Morgan fingerprint density at radius 3 is 1.06 bits per heavy atom. The van der Waals surface area contributed by atoms with E-state index in [1.165, 1.54) is 225 Å². The van der Waals surface area contributed by atoms with Gasteiger partial charge in [0.1, 0.15) is 12.6 Å². The summed E-state index contributed by atoms with van der Waals surface area (Å²) in [6, 6.07) is -1.52. The zero-order valence-electron chi connectivity index (χ0n) is 44.9. The average molecular weight is 1000 g/mol. The lowest BCUT2D eigenvalue weighted by molar-refractivity contribution is -0.161. The van der Waals surface area contributed by atoms with E-state index in [2.05, 4.69) is 26.0 Å². The number of carbonyl (C=O) groups excluding carboxylic acids is 2. The first-order chi connectivity index (χ1) is 33.6. The highest BCUT2D eigenvalue weighted by Crippen LogP contribution is 2.43. The zero-order valence-corrected chi connectivity index (χ0v) is 45.8. The van der Waals surface area contributed by atoms with E-state index >= 15 is 0 Å². The van der Waals surface area contributed by atoms with Gasteiger partial charge in [-0.25, -0.2) is 4.57 Å². The first-order valence-corrected chi connectivity index (χ1v) is 30.7. The molecule has 0 fully saturated rings. The van der Waals surface area contributed by atoms with Gasteiger partial charge in [-0.05, 0) is 38.5 Å². The van der Waals surface area contributed by atoms with Crippen LogP contribution in [0.15, 0.2) is 12.2 Å². The van der Waals surface area contributed by atoms with Crippen molar-refractivity contribution in [1.29, 1.82) is 0 Å². The van der Waals surface area contributed by atoms with Gasteiger partial charge < -0.3 is 25.2 Å². The lowest BCUT2D eigenvalue weighted by atomic mass is 10.0. The molecule has 12 heteroatoms. The number of carboxylic acids is 1. The molecule has 0 spiro atoms. The number of esters is 2. The number of allylic oxidation sites excluding steroid dienone is 2. The molecular weight excluding hydrogens is 890 g/mol. The van der Waals surface area contributed by atoms with Crippen molar-refractivity contribution >= 4 is 25.7 Å². The SMILES string of the molecule is CCCCCCCCCC/C=C\CCCCCCCCCCCC(=O)OC(COC(=O)CCCCCCCCCCCCCCCCCCCCCCCCCC)COP(=O)(O)OCC(N)C(=O)O. The van der Waals surface area contributed by atoms with Gasteiger partial charge in [-0.15, -0.1) is 0 Å². The van der Waals surface area contributed by atoms with Crippen LogP contribution >= 0.6 is 7.82 Å². The summed E-state index contributed by atoms with van der Waals surface area (Å²) in [5.41, 5.74) is 5.37. The van der Waals surface area contributed by atoms with Crippen molar-refractivity contribution in [2.45, 2.75) is 315 Å². The second-order valence-corrected chi connectivity index (χ2v) is 21.6. The predicted octanol–water partition coefficient (Wildman–Crippen LogP) is 17.1. The Balaban J connectivity index is 4.11. The van der Waals surface area contributed by atoms with Gasteiger partial charge in [0.2, 0.25) is 0 Å². The summed E-state index contributed by atoms with van der Waals surface area (Å²) in [6.07, 6.45) is 58.6. The van der Waals surface area contributed by atoms with Gasteiger partial charge in [0.05, 0.1) is 13.2 Å². The molecule has 0 saturated heterocycles. The summed E-state index contributed by atoms with van der Waals surface area (Å²) in [4.78, 5) is 46.3. The number of carboxylic acid groups (broad SMARTS) is 1. The van der Waals surface area contributed by atoms with Crippen molar-refractivity contribution in [3.05, 3.63) is 12.2 Å². The third-order valence-electron chi connectivity index (χ3n) is 13.3.